The van der Waals surface area contributed by atoms with Crippen LogP contribution in [0.1, 0.15) is 97.3 Å². The van der Waals surface area contributed by atoms with Crippen molar-refractivity contribution < 1.29 is 9.53 Å². The summed E-state index contributed by atoms with van der Waals surface area (Å²) in [6.07, 6.45) is 20.6. The summed E-state index contributed by atoms with van der Waals surface area (Å²) in [6.45, 7) is 3.93. The highest BCUT2D eigenvalue weighted by Crippen LogP contribution is 2.12. The fourth-order valence-corrected chi connectivity index (χ4v) is 2.66. The van der Waals surface area contributed by atoms with Gasteiger partial charge in [-0.15, -0.1) is 0 Å². The number of carbonyl (C=O) groups is 1. The standard InChI is InChI=1S/C20H38O2/c1-4-5-6-14-17-20(22-3)18-15-12-10-8-7-9-11-13-16-19(2)21/h12,15,20H,4-11,13-14,16-18H2,1-3H3/b15-12+. The van der Waals surface area contributed by atoms with Crippen molar-refractivity contribution >= 4 is 5.78 Å². The zero-order chi connectivity index (χ0) is 16.5. The molecule has 0 spiro atoms. The van der Waals surface area contributed by atoms with E-state index in [4.69, 9.17) is 4.74 Å². The summed E-state index contributed by atoms with van der Waals surface area (Å²) in [5.41, 5.74) is 0. The van der Waals surface area contributed by atoms with E-state index in [9.17, 15) is 4.79 Å². The van der Waals surface area contributed by atoms with Crippen molar-refractivity contribution in [3.05, 3.63) is 12.2 Å². The van der Waals surface area contributed by atoms with Crippen LogP contribution in [0.3, 0.4) is 0 Å². The molecule has 0 fully saturated rings. The zero-order valence-electron chi connectivity index (χ0n) is 15.2. The molecular formula is C20H38O2. The lowest BCUT2D eigenvalue weighted by Gasteiger charge is -2.12. The second kappa shape index (κ2) is 16.7. The molecular weight excluding hydrogens is 272 g/mol. The van der Waals surface area contributed by atoms with Crippen LogP contribution in [0.15, 0.2) is 12.2 Å². The second-order valence-corrected chi connectivity index (χ2v) is 6.42. The molecule has 0 aromatic rings. The maximum absolute atomic E-state index is 10.8. The Balaban J connectivity index is 3.41. The number of unbranched alkanes of at least 4 members (excludes halogenated alkanes) is 8. The van der Waals surface area contributed by atoms with Gasteiger partial charge in [0.1, 0.15) is 5.78 Å². The van der Waals surface area contributed by atoms with E-state index in [1.807, 2.05) is 7.11 Å². The summed E-state index contributed by atoms with van der Waals surface area (Å²) in [5, 5.41) is 0. The maximum atomic E-state index is 10.8. The number of Topliss-reactive ketones (excluding diaryl/α,β-unsaturated/α-hetero) is 1. The summed E-state index contributed by atoms with van der Waals surface area (Å²) in [7, 11) is 1.83. The van der Waals surface area contributed by atoms with Gasteiger partial charge >= 0.3 is 0 Å². The largest absolute Gasteiger partial charge is 0.381 e. The molecule has 0 aliphatic rings. The molecule has 0 aromatic carbocycles. The smallest absolute Gasteiger partial charge is 0.129 e. The number of hydrogen-bond acceptors (Lipinski definition) is 2. The van der Waals surface area contributed by atoms with Crippen molar-refractivity contribution in [3.8, 4) is 0 Å². The molecule has 1 atom stereocenters. The van der Waals surface area contributed by atoms with Gasteiger partial charge in [0.2, 0.25) is 0 Å². The normalized spacial score (nSPS) is 12.9. The average Bonchev–Trinajstić information content (AvgIpc) is 2.50. The van der Waals surface area contributed by atoms with Gasteiger partial charge < -0.3 is 9.53 Å². The van der Waals surface area contributed by atoms with Gasteiger partial charge in [-0.05, 0) is 39.0 Å². The van der Waals surface area contributed by atoms with E-state index in [1.54, 1.807) is 6.92 Å². The van der Waals surface area contributed by atoms with Crippen LogP contribution in [0.5, 0.6) is 0 Å². The average molecular weight is 311 g/mol. The van der Waals surface area contributed by atoms with Crippen LogP contribution in [-0.4, -0.2) is 19.0 Å². The monoisotopic (exact) mass is 310 g/mol. The molecule has 0 rings (SSSR count). The molecule has 0 amide bonds. The van der Waals surface area contributed by atoms with E-state index in [2.05, 4.69) is 19.1 Å². The molecule has 0 radical (unpaired) electrons. The van der Waals surface area contributed by atoms with Gasteiger partial charge in [-0.2, -0.15) is 0 Å². The minimum absolute atomic E-state index is 0.324. The Kier molecular flexibility index (Phi) is 16.3. The topological polar surface area (TPSA) is 26.3 Å². The molecule has 0 heterocycles. The number of rotatable bonds is 16. The highest BCUT2D eigenvalue weighted by atomic mass is 16.5. The summed E-state index contributed by atoms with van der Waals surface area (Å²) < 4.78 is 5.54. The van der Waals surface area contributed by atoms with E-state index in [-0.39, 0.29) is 0 Å². The number of ether oxygens (including phenoxy) is 1. The van der Waals surface area contributed by atoms with E-state index in [0.717, 1.165) is 19.3 Å². The first-order valence-electron chi connectivity index (χ1n) is 9.38. The number of hydrogen-bond donors (Lipinski definition) is 0. The lowest BCUT2D eigenvalue weighted by molar-refractivity contribution is -0.117. The van der Waals surface area contributed by atoms with Gasteiger partial charge in [-0.3, -0.25) is 0 Å². The fourth-order valence-electron chi connectivity index (χ4n) is 2.66. The predicted octanol–water partition coefficient (Wildman–Crippen LogP) is 6.24. The minimum Gasteiger partial charge on any atom is -0.381 e. The van der Waals surface area contributed by atoms with Crippen LogP contribution in [-0.2, 0) is 9.53 Å². The van der Waals surface area contributed by atoms with E-state index in [1.165, 1.54) is 64.2 Å². The third-order valence-corrected chi connectivity index (χ3v) is 4.18. The lowest BCUT2D eigenvalue weighted by Crippen LogP contribution is -2.08. The Hall–Kier alpha value is -0.630. The molecule has 0 aliphatic carbocycles. The Labute approximate surface area is 138 Å². The SMILES string of the molecule is CCCCCCC(C/C=C/CCCCCCCC(C)=O)OC. The van der Waals surface area contributed by atoms with Crippen molar-refractivity contribution in [1.29, 1.82) is 0 Å². The first kappa shape index (κ1) is 21.4. The van der Waals surface area contributed by atoms with Gasteiger partial charge in [0.05, 0.1) is 6.10 Å². The molecule has 0 aliphatic heterocycles. The van der Waals surface area contributed by atoms with Crippen molar-refractivity contribution in [1.82, 2.24) is 0 Å². The first-order chi connectivity index (χ1) is 10.7. The Morgan fingerprint density at radius 2 is 1.64 bits per heavy atom. The van der Waals surface area contributed by atoms with Gasteiger partial charge in [0.15, 0.2) is 0 Å². The van der Waals surface area contributed by atoms with Gasteiger partial charge in [0.25, 0.3) is 0 Å². The molecule has 0 aromatic heterocycles. The number of ketones is 1. The molecule has 22 heavy (non-hydrogen) atoms. The molecule has 0 bridgehead atoms. The molecule has 0 saturated carbocycles. The van der Waals surface area contributed by atoms with E-state index < -0.39 is 0 Å². The van der Waals surface area contributed by atoms with Gasteiger partial charge in [-0.1, -0.05) is 64.0 Å². The highest BCUT2D eigenvalue weighted by Gasteiger charge is 2.04. The molecule has 2 nitrogen and oxygen atoms in total. The van der Waals surface area contributed by atoms with Gasteiger partial charge in [0, 0.05) is 13.5 Å². The quantitative estimate of drug-likeness (QED) is 0.249. The lowest BCUT2D eigenvalue weighted by atomic mass is 10.1. The van der Waals surface area contributed by atoms with Crippen LogP contribution >= 0.6 is 0 Å². The summed E-state index contributed by atoms with van der Waals surface area (Å²) in [4.78, 5) is 10.8. The second-order valence-electron chi connectivity index (χ2n) is 6.42. The number of methoxy groups -OCH3 is 1. The predicted molar refractivity (Wildman–Crippen MR) is 96.3 cm³/mol. The van der Waals surface area contributed by atoms with Crippen molar-refractivity contribution in [2.45, 2.75) is 103 Å². The highest BCUT2D eigenvalue weighted by molar-refractivity contribution is 5.75. The molecule has 2 heteroatoms. The van der Waals surface area contributed by atoms with Crippen LogP contribution < -0.4 is 0 Å². The van der Waals surface area contributed by atoms with Crippen LogP contribution in [0, 0.1) is 0 Å². The maximum Gasteiger partial charge on any atom is 0.129 e. The first-order valence-corrected chi connectivity index (χ1v) is 9.38. The Morgan fingerprint density at radius 1 is 0.955 bits per heavy atom. The van der Waals surface area contributed by atoms with E-state index in [0.29, 0.717) is 11.9 Å². The van der Waals surface area contributed by atoms with Crippen molar-refractivity contribution in [2.24, 2.45) is 0 Å². The Morgan fingerprint density at radius 3 is 2.32 bits per heavy atom. The third kappa shape index (κ3) is 15.8. The van der Waals surface area contributed by atoms with E-state index >= 15 is 0 Å². The van der Waals surface area contributed by atoms with Crippen LogP contribution in [0.2, 0.25) is 0 Å². The van der Waals surface area contributed by atoms with Crippen molar-refractivity contribution in [2.75, 3.05) is 7.11 Å². The van der Waals surface area contributed by atoms with Crippen LogP contribution in [0.25, 0.3) is 0 Å². The van der Waals surface area contributed by atoms with Gasteiger partial charge in [-0.25, -0.2) is 0 Å². The van der Waals surface area contributed by atoms with Crippen molar-refractivity contribution in [3.63, 3.8) is 0 Å². The zero-order valence-corrected chi connectivity index (χ0v) is 15.2. The summed E-state index contributed by atoms with van der Waals surface area (Å²) >= 11 is 0. The number of carbonyl (C=O) groups excluding carboxylic acids is 1. The fraction of sp³-hybridized carbons (Fsp3) is 0.850. The Bertz CT molecular complexity index is 271. The third-order valence-electron chi connectivity index (χ3n) is 4.18. The molecule has 1 unspecified atom stereocenters. The summed E-state index contributed by atoms with van der Waals surface area (Å²) in [5.74, 6) is 0.324. The van der Waals surface area contributed by atoms with Crippen LogP contribution in [0.4, 0.5) is 0 Å². The summed E-state index contributed by atoms with van der Waals surface area (Å²) in [6, 6.07) is 0. The molecule has 130 valence electrons. The molecule has 0 saturated heterocycles. The molecule has 0 N–H and O–H groups in total. The minimum atomic E-state index is 0.324. The number of allylic oxidation sites excluding steroid dienone is 1.